The predicted molar refractivity (Wildman–Crippen MR) is 64.6 cm³/mol. The summed E-state index contributed by atoms with van der Waals surface area (Å²) in [5.41, 5.74) is 0.591. The van der Waals surface area contributed by atoms with Crippen LogP contribution in [0.2, 0.25) is 0 Å². The van der Waals surface area contributed by atoms with Crippen molar-refractivity contribution < 1.29 is 9.50 Å². The summed E-state index contributed by atoms with van der Waals surface area (Å²) in [7, 11) is 0. The topological polar surface area (TPSA) is 55.1 Å². The number of rotatable bonds is 3. The van der Waals surface area contributed by atoms with E-state index in [4.69, 9.17) is 0 Å². The van der Waals surface area contributed by atoms with E-state index < -0.39 is 11.9 Å². The van der Waals surface area contributed by atoms with Crippen molar-refractivity contribution in [1.29, 1.82) is 0 Å². The fourth-order valence-corrected chi connectivity index (χ4v) is 1.67. The second-order valence-electron chi connectivity index (χ2n) is 4.09. The number of aromatic nitrogens is 2. The molecule has 2 rings (SSSR count). The molecule has 0 aliphatic carbocycles. The van der Waals surface area contributed by atoms with Crippen LogP contribution >= 0.6 is 0 Å². The van der Waals surface area contributed by atoms with Crippen molar-refractivity contribution in [2.24, 2.45) is 0 Å². The average molecular weight is 248 g/mol. The van der Waals surface area contributed by atoms with Crippen LogP contribution in [0.3, 0.4) is 0 Å². The number of nitrogens with zero attached hydrogens (tertiary/aromatic N) is 2. The highest BCUT2D eigenvalue weighted by Crippen LogP contribution is 2.17. The van der Waals surface area contributed by atoms with Gasteiger partial charge < -0.3 is 5.11 Å². The first kappa shape index (κ1) is 12.4. The van der Waals surface area contributed by atoms with Gasteiger partial charge in [-0.2, -0.15) is 5.10 Å². The summed E-state index contributed by atoms with van der Waals surface area (Å²) in [4.78, 5) is 11.6. The third kappa shape index (κ3) is 2.62. The summed E-state index contributed by atoms with van der Waals surface area (Å²) in [5.74, 6) is -0.495. The van der Waals surface area contributed by atoms with Gasteiger partial charge in [0.05, 0.1) is 12.7 Å². The van der Waals surface area contributed by atoms with Crippen LogP contribution in [-0.4, -0.2) is 14.9 Å². The van der Waals surface area contributed by atoms with Gasteiger partial charge in [-0.1, -0.05) is 18.2 Å². The van der Waals surface area contributed by atoms with E-state index in [2.05, 4.69) is 5.10 Å². The highest BCUT2D eigenvalue weighted by atomic mass is 19.1. The molecule has 1 heterocycles. The molecule has 0 spiro atoms. The molecule has 1 unspecified atom stereocenters. The first-order chi connectivity index (χ1) is 8.58. The molecular weight excluding hydrogens is 235 g/mol. The molecule has 94 valence electrons. The van der Waals surface area contributed by atoms with E-state index in [0.717, 1.165) is 10.2 Å². The lowest BCUT2D eigenvalue weighted by molar-refractivity contribution is 0.145. The van der Waals surface area contributed by atoms with E-state index in [1.807, 2.05) is 0 Å². The number of aryl methyl sites for hydroxylation is 1. The monoisotopic (exact) mass is 248 g/mol. The molecule has 5 heteroatoms. The summed E-state index contributed by atoms with van der Waals surface area (Å²) in [5, 5.41) is 13.8. The van der Waals surface area contributed by atoms with Gasteiger partial charge >= 0.3 is 0 Å². The minimum Gasteiger partial charge on any atom is -0.386 e. The van der Waals surface area contributed by atoms with E-state index in [-0.39, 0.29) is 17.7 Å². The molecule has 2 aromatic rings. The van der Waals surface area contributed by atoms with Gasteiger partial charge in [0.25, 0.3) is 5.56 Å². The number of aliphatic hydroxyl groups is 1. The Bertz CT molecular complexity index is 610. The van der Waals surface area contributed by atoms with Crippen LogP contribution in [0.5, 0.6) is 0 Å². The molecule has 0 aliphatic rings. The van der Waals surface area contributed by atoms with Crippen molar-refractivity contribution in [3.8, 4) is 0 Å². The molecule has 1 atom stereocenters. The number of benzene rings is 1. The molecule has 1 aromatic carbocycles. The zero-order valence-corrected chi connectivity index (χ0v) is 9.88. The maximum absolute atomic E-state index is 13.4. The zero-order valence-electron chi connectivity index (χ0n) is 9.88. The minimum atomic E-state index is -1.10. The van der Waals surface area contributed by atoms with Crippen LogP contribution < -0.4 is 5.56 Å². The lowest BCUT2D eigenvalue weighted by atomic mass is 10.1. The van der Waals surface area contributed by atoms with E-state index in [1.54, 1.807) is 19.1 Å². The maximum Gasteiger partial charge on any atom is 0.267 e. The van der Waals surface area contributed by atoms with E-state index >= 15 is 0 Å². The van der Waals surface area contributed by atoms with Gasteiger partial charge in [0.1, 0.15) is 11.9 Å². The fraction of sp³-hybridized carbons (Fsp3) is 0.231. The summed E-state index contributed by atoms with van der Waals surface area (Å²) in [6, 6.07) is 7.35. The average Bonchev–Trinajstić information content (AvgIpc) is 2.33. The Kier molecular flexibility index (Phi) is 3.53. The summed E-state index contributed by atoms with van der Waals surface area (Å²) >= 11 is 0. The Labute approximate surface area is 103 Å². The van der Waals surface area contributed by atoms with Gasteiger partial charge in [0.2, 0.25) is 0 Å². The van der Waals surface area contributed by atoms with Crippen molar-refractivity contribution in [1.82, 2.24) is 9.78 Å². The van der Waals surface area contributed by atoms with Crippen molar-refractivity contribution in [3.63, 3.8) is 0 Å². The summed E-state index contributed by atoms with van der Waals surface area (Å²) < 4.78 is 14.6. The fourth-order valence-electron chi connectivity index (χ4n) is 1.67. The minimum absolute atomic E-state index is 0.0694. The Morgan fingerprint density at radius 3 is 2.83 bits per heavy atom. The van der Waals surface area contributed by atoms with Crippen molar-refractivity contribution >= 4 is 0 Å². The van der Waals surface area contributed by atoms with Crippen LogP contribution in [0.25, 0.3) is 0 Å². The molecule has 1 aromatic heterocycles. The first-order valence-corrected chi connectivity index (χ1v) is 5.54. The zero-order chi connectivity index (χ0) is 13.1. The van der Waals surface area contributed by atoms with Gasteiger partial charge in [-0.25, -0.2) is 9.07 Å². The quantitative estimate of drug-likeness (QED) is 0.893. The van der Waals surface area contributed by atoms with Crippen LogP contribution in [0.15, 0.2) is 41.3 Å². The highest BCUT2D eigenvalue weighted by molar-refractivity contribution is 5.19. The van der Waals surface area contributed by atoms with E-state index in [9.17, 15) is 14.3 Å². The van der Waals surface area contributed by atoms with Gasteiger partial charge in [0.15, 0.2) is 0 Å². The molecule has 0 bridgehead atoms. The lowest BCUT2D eigenvalue weighted by Gasteiger charge is -2.12. The molecule has 0 saturated carbocycles. The molecule has 0 aliphatic heterocycles. The number of halogens is 1. The Morgan fingerprint density at radius 2 is 2.17 bits per heavy atom. The number of hydrogen-bond donors (Lipinski definition) is 1. The summed E-state index contributed by atoms with van der Waals surface area (Å²) in [6.07, 6.45) is 0.425. The molecule has 0 radical (unpaired) electrons. The third-order valence-corrected chi connectivity index (χ3v) is 2.62. The lowest BCUT2D eigenvalue weighted by Crippen LogP contribution is -2.25. The SMILES string of the molecule is Cc1cnn(CC(O)c2ccccc2F)c(=O)c1. The molecular formula is C13H13FN2O2. The Balaban J connectivity index is 2.24. The van der Waals surface area contributed by atoms with Crippen LogP contribution in [0, 0.1) is 12.7 Å². The van der Waals surface area contributed by atoms with Crippen molar-refractivity contribution in [2.45, 2.75) is 19.6 Å². The molecule has 0 amide bonds. The molecule has 18 heavy (non-hydrogen) atoms. The number of aliphatic hydroxyl groups excluding tert-OH is 1. The maximum atomic E-state index is 13.4. The predicted octanol–water partition coefficient (Wildman–Crippen LogP) is 1.42. The van der Waals surface area contributed by atoms with Gasteiger partial charge in [-0.15, -0.1) is 0 Å². The second-order valence-corrected chi connectivity index (χ2v) is 4.09. The molecule has 1 N–H and O–H groups in total. The largest absolute Gasteiger partial charge is 0.386 e. The highest BCUT2D eigenvalue weighted by Gasteiger charge is 2.13. The number of hydrogen-bond acceptors (Lipinski definition) is 3. The Morgan fingerprint density at radius 1 is 1.44 bits per heavy atom. The molecule has 4 nitrogen and oxygen atoms in total. The van der Waals surface area contributed by atoms with Gasteiger partial charge in [-0.3, -0.25) is 4.79 Å². The summed E-state index contributed by atoms with van der Waals surface area (Å²) in [6.45, 7) is 1.69. The van der Waals surface area contributed by atoms with Crippen molar-refractivity contribution in [2.75, 3.05) is 0 Å². The van der Waals surface area contributed by atoms with Crippen molar-refractivity contribution in [3.05, 3.63) is 63.8 Å². The second kappa shape index (κ2) is 5.10. The third-order valence-electron chi connectivity index (χ3n) is 2.62. The van der Waals surface area contributed by atoms with Crippen LogP contribution in [0.1, 0.15) is 17.2 Å². The normalized spacial score (nSPS) is 12.4. The Hall–Kier alpha value is -2.01. The van der Waals surface area contributed by atoms with Crippen LogP contribution in [-0.2, 0) is 6.54 Å². The standard InChI is InChI=1S/C13H13FN2O2/c1-9-6-13(18)16(15-7-9)8-12(17)10-4-2-3-5-11(10)14/h2-7,12,17H,8H2,1H3. The molecule has 0 fully saturated rings. The molecule has 0 saturated heterocycles. The van der Waals surface area contributed by atoms with Gasteiger partial charge in [-0.05, 0) is 18.6 Å². The first-order valence-electron chi connectivity index (χ1n) is 5.54. The van der Waals surface area contributed by atoms with Crippen LogP contribution in [0.4, 0.5) is 4.39 Å². The smallest absolute Gasteiger partial charge is 0.267 e. The van der Waals surface area contributed by atoms with Gasteiger partial charge in [0, 0.05) is 11.6 Å². The van der Waals surface area contributed by atoms with E-state index in [0.29, 0.717) is 0 Å². The van der Waals surface area contributed by atoms with E-state index in [1.165, 1.54) is 24.4 Å².